The molecule has 5 nitrogen and oxygen atoms in total. The number of hydrogen-bond donors (Lipinski definition) is 1. The minimum Gasteiger partial charge on any atom is -0.339 e. The molecule has 2 heterocycles. The summed E-state index contributed by atoms with van der Waals surface area (Å²) in [6, 6.07) is 0.393. The van der Waals surface area contributed by atoms with Crippen LogP contribution in [0, 0.1) is 11.8 Å². The SMILES string of the molecule is CCCc1nc(CN2CC3CCCC(N)C3C2)no1. The van der Waals surface area contributed by atoms with Crippen molar-refractivity contribution in [1.82, 2.24) is 15.0 Å². The number of likely N-dealkylation sites (tertiary alicyclic amines) is 1. The van der Waals surface area contributed by atoms with E-state index in [1.54, 1.807) is 0 Å². The third-order valence-corrected chi connectivity index (χ3v) is 4.57. The van der Waals surface area contributed by atoms with E-state index in [1.165, 1.54) is 19.3 Å². The van der Waals surface area contributed by atoms with Gasteiger partial charge in [-0.25, -0.2) is 0 Å². The number of aromatic nitrogens is 2. The summed E-state index contributed by atoms with van der Waals surface area (Å²) in [4.78, 5) is 6.89. The molecule has 1 saturated carbocycles. The van der Waals surface area contributed by atoms with Crippen molar-refractivity contribution < 1.29 is 4.52 Å². The lowest BCUT2D eigenvalue weighted by Gasteiger charge is -2.29. The largest absolute Gasteiger partial charge is 0.339 e. The molecule has 1 saturated heterocycles. The third-order valence-electron chi connectivity index (χ3n) is 4.57. The van der Waals surface area contributed by atoms with Crippen molar-refractivity contribution in [3.63, 3.8) is 0 Å². The van der Waals surface area contributed by atoms with Crippen molar-refractivity contribution in [2.75, 3.05) is 13.1 Å². The van der Waals surface area contributed by atoms with E-state index < -0.39 is 0 Å². The van der Waals surface area contributed by atoms with Crippen molar-refractivity contribution in [3.05, 3.63) is 11.7 Å². The first-order chi connectivity index (χ1) is 9.26. The minimum atomic E-state index is 0.393. The Balaban J connectivity index is 1.58. The standard InChI is InChI=1S/C14H24N4O/c1-2-4-14-16-13(17-19-14)9-18-7-10-5-3-6-12(15)11(10)8-18/h10-12H,2-9,15H2,1H3. The Bertz CT molecular complexity index is 419. The van der Waals surface area contributed by atoms with E-state index in [4.69, 9.17) is 10.3 Å². The van der Waals surface area contributed by atoms with Crippen molar-refractivity contribution in [3.8, 4) is 0 Å². The predicted molar refractivity (Wildman–Crippen MR) is 72.4 cm³/mol. The summed E-state index contributed by atoms with van der Waals surface area (Å²) in [5, 5.41) is 4.08. The highest BCUT2D eigenvalue weighted by molar-refractivity contribution is 4.95. The molecule has 0 aromatic carbocycles. The second-order valence-corrected chi connectivity index (χ2v) is 6.07. The Hall–Kier alpha value is -0.940. The van der Waals surface area contributed by atoms with Gasteiger partial charge in [0.05, 0.1) is 6.54 Å². The third kappa shape index (κ3) is 2.82. The first kappa shape index (κ1) is 13.1. The predicted octanol–water partition coefficient (Wildman–Crippen LogP) is 1.58. The van der Waals surface area contributed by atoms with Crippen molar-refractivity contribution >= 4 is 0 Å². The highest BCUT2D eigenvalue weighted by Crippen LogP contribution is 2.35. The fourth-order valence-corrected chi connectivity index (χ4v) is 3.61. The summed E-state index contributed by atoms with van der Waals surface area (Å²) in [7, 11) is 0. The molecule has 3 atom stereocenters. The maximum absolute atomic E-state index is 6.24. The lowest BCUT2D eigenvalue weighted by molar-refractivity contribution is 0.258. The summed E-state index contributed by atoms with van der Waals surface area (Å²) in [5.41, 5.74) is 6.24. The molecule has 1 aliphatic heterocycles. The van der Waals surface area contributed by atoms with E-state index in [1.807, 2.05) is 0 Å². The Kier molecular flexibility index (Phi) is 3.84. The van der Waals surface area contributed by atoms with Gasteiger partial charge in [-0.2, -0.15) is 4.98 Å². The number of fused-ring (bicyclic) bond motifs is 1. The molecule has 1 aromatic heterocycles. The van der Waals surface area contributed by atoms with Crippen LogP contribution in [0.4, 0.5) is 0 Å². The molecule has 0 bridgehead atoms. The van der Waals surface area contributed by atoms with Crippen LogP contribution in [0.1, 0.15) is 44.3 Å². The molecule has 0 amide bonds. The fraction of sp³-hybridized carbons (Fsp3) is 0.857. The average molecular weight is 264 g/mol. The molecule has 3 unspecified atom stereocenters. The zero-order valence-electron chi connectivity index (χ0n) is 11.7. The van der Waals surface area contributed by atoms with Crippen LogP contribution >= 0.6 is 0 Å². The molecule has 2 aliphatic rings. The second kappa shape index (κ2) is 5.59. The van der Waals surface area contributed by atoms with Gasteiger partial charge in [0, 0.05) is 25.6 Å². The van der Waals surface area contributed by atoms with Gasteiger partial charge in [0.2, 0.25) is 5.89 Å². The number of nitrogens with two attached hydrogens (primary N) is 1. The van der Waals surface area contributed by atoms with Crippen LogP contribution in [0.2, 0.25) is 0 Å². The monoisotopic (exact) mass is 264 g/mol. The summed E-state index contributed by atoms with van der Waals surface area (Å²) >= 11 is 0. The molecule has 1 aliphatic carbocycles. The lowest BCUT2D eigenvalue weighted by Crippen LogP contribution is -2.38. The van der Waals surface area contributed by atoms with Gasteiger partial charge < -0.3 is 10.3 Å². The molecule has 5 heteroatoms. The van der Waals surface area contributed by atoms with Crippen molar-refractivity contribution in [2.45, 2.75) is 51.6 Å². The Labute approximate surface area is 114 Å². The van der Waals surface area contributed by atoms with Crippen molar-refractivity contribution in [2.24, 2.45) is 17.6 Å². The summed E-state index contributed by atoms with van der Waals surface area (Å²) in [6.45, 7) is 5.18. The topological polar surface area (TPSA) is 68.2 Å². The average Bonchev–Trinajstić information content (AvgIpc) is 2.98. The zero-order chi connectivity index (χ0) is 13.2. The van der Waals surface area contributed by atoms with Gasteiger partial charge in [-0.3, -0.25) is 4.90 Å². The lowest BCUT2D eigenvalue weighted by atomic mass is 9.78. The van der Waals surface area contributed by atoms with Gasteiger partial charge in [0.25, 0.3) is 0 Å². The van der Waals surface area contributed by atoms with Gasteiger partial charge in [0.15, 0.2) is 5.82 Å². The molecular formula is C14H24N4O. The summed E-state index contributed by atoms with van der Waals surface area (Å²) in [5.74, 6) is 3.06. The van der Waals surface area contributed by atoms with E-state index in [0.29, 0.717) is 12.0 Å². The number of hydrogen-bond acceptors (Lipinski definition) is 5. The van der Waals surface area contributed by atoms with Crippen molar-refractivity contribution in [1.29, 1.82) is 0 Å². The van der Waals surface area contributed by atoms with Gasteiger partial charge in [0.1, 0.15) is 0 Å². The molecule has 19 heavy (non-hydrogen) atoms. The highest BCUT2D eigenvalue weighted by atomic mass is 16.5. The maximum atomic E-state index is 6.24. The van der Waals surface area contributed by atoms with Crippen LogP contribution in [0.5, 0.6) is 0 Å². The first-order valence-electron chi connectivity index (χ1n) is 7.55. The normalized spacial score (nSPS) is 31.6. The number of rotatable bonds is 4. The van der Waals surface area contributed by atoms with Crippen LogP contribution in [-0.2, 0) is 13.0 Å². The summed E-state index contributed by atoms with van der Waals surface area (Å²) < 4.78 is 5.24. The van der Waals surface area contributed by atoms with E-state index in [2.05, 4.69) is 22.0 Å². The van der Waals surface area contributed by atoms with Gasteiger partial charge in [-0.05, 0) is 31.1 Å². The summed E-state index contributed by atoms with van der Waals surface area (Å²) in [6.07, 6.45) is 5.74. The maximum Gasteiger partial charge on any atom is 0.226 e. The first-order valence-corrected chi connectivity index (χ1v) is 7.55. The second-order valence-electron chi connectivity index (χ2n) is 6.07. The van der Waals surface area contributed by atoms with E-state index in [0.717, 1.165) is 50.1 Å². The van der Waals surface area contributed by atoms with Crippen LogP contribution in [0.25, 0.3) is 0 Å². The Morgan fingerprint density at radius 3 is 3.05 bits per heavy atom. The number of nitrogens with zero attached hydrogens (tertiary/aromatic N) is 3. The molecule has 0 radical (unpaired) electrons. The number of aryl methyl sites for hydroxylation is 1. The van der Waals surface area contributed by atoms with Crippen LogP contribution in [0.3, 0.4) is 0 Å². The van der Waals surface area contributed by atoms with E-state index in [9.17, 15) is 0 Å². The molecule has 3 rings (SSSR count). The zero-order valence-corrected chi connectivity index (χ0v) is 11.7. The molecule has 106 valence electrons. The molecule has 0 spiro atoms. The highest BCUT2D eigenvalue weighted by Gasteiger charge is 2.38. The molecule has 1 aromatic rings. The van der Waals surface area contributed by atoms with Gasteiger partial charge >= 0.3 is 0 Å². The van der Waals surface area contributed by atoms with Gasteiger partial charge in [-0.1, -0.05) is 18.5 Å². The molecule has 2 fully saturated rings. The van der Waals surface area contributed by atoms with Crippen LogP contribution in [0.15, 0.2) is 4.52 Å². The smallest absolute Gasteiger partial charge is 0.226 e. The van der Waals surface area contributed by atoms with Crippen LogP contribution in [-0.4, -0.2) is 34.2 Å². The molecular weight excluding hydrogens is 240 g/mol. The van der Waals surface area contributed by atoms with Gasteiger partial charge in [-0.15, -0.1) is 0 Å². The fourth-order valence-electron chi connectivity index (χ4n) is 3.61. The van der Waals surface area contributed by atoms with Crippen LogP contribution < -0.4 is 5.73 Å². The minimum absolute atomic E-state index is 0.393. The Morgan fingerprint density at radius 2 is 2.26 bits per heavy atom. The van der Waals surface area contributed by atoms with E-state index >= 15 is 0 Å². The quantitative estimate of drug-likeness (QED) is 0.894. The Morgan fingerprint density at radius 1 is 1.37 bits per heavy atom. The molecule has 2 N–H and O–H groups in total. The van der Waals surface area contributed by atoms with E-state index in [-0.39, 0.29) is 0 Å².